The molecule has 26 heavy (non-hydrogen) atoms. The SMILES string of the molecule is CNc1cc(S(=O)(=O)O)cc2ccc(N=Nc3ccc(C)cc3)c(N)c12. The Kier molecular flexibility index (Phi) is 4.62. The first-order valence-corrected chi connectivity index (χ1v) is 9.23. The van der Waals surface area contributed by atoms with Crippen molar-refractivity contribution in [1.29, 1.82) is 0 Å². The second-order valence-electron chi connectivity index (χ2n) is 5.83. The lowest BCUT2D eigenvalue weighted by molar-refractivity contribution is 0.483. The van der Waals surface area contributed by atoms with Gasteiger partial charge in [-0.05, 0) is 42.6 Å². The molecule has 0 aliphatic carbocycles. The van der Waals surface area contributed by atoms with E-state index in [1.54, 1.807) is 19.2 Å². The number of hydrogen-bond acceptors (Lipinski definition) is 6. The number of rotatable bonds is 4. The topological polar surface area (TPSA) is 117 Å². The fraction of sp³-hybridized carbons (Fsp3) is 0.111. The van der Waals surface area contributed by atoms with Crippen molar-refractivity contribution in [3.63, 3.8) is 0 Å². The van der Waals surface area contributed by atoms with Crippen molar-refractivity contribution in [2.75, 3.05) is 18.1 Å². The molecule has 4 N–H and O–H groups in total. The van der Waals surface area contributed by atoms with Crippen molar-refractivity contribution in [3.8, 4) is 0 Å². The van der Waals surface area contributed by atoms with E-state index in [-0.39, 0.29) is 4.90 Å². The van der Waals surface area contributed by atoms with Gasteiger partial charge in [-0.3, -0.25) is 4.55 Å². The summed E-state index contributed by atoms with van der Waals surface area (Å²) in [6.07, 6.45) is 0. The van der Waals surface area contributed by atoms with E-state index in [1.807, 2.05) is 31.2 Å². The summed E-state index contributed by atoms with van der Waals surface area (Å²) in [6, 6.07) is 13.6. The van der Waals surface area contributed by atoms with E-state index in [2.05, 4.69) is 15.5 Å². The van der Waals surface area contributed by atoms with Crippen LogP contribution in [0, 0.1) is 6.92 Å². The molecule has 0 atom stereocenters. The number of nitrogen functional groups attached to an aromatic ring is 1. The number of anilines is 2. The summed E-state index contributed by atoms with van der Waals surface area (Å²) in [5.74, 6) is 0. The fourth-order valence-corrected chi connectivity index (χ4v) is 3.15. The number of nitrogens with one attached hydrogen (secondary N) is 1. The highest BCUT2D eigenvalue weighted by Gasteiger charge is 2.16. The molecule has 0 unspecified atom stereocenters. The minimum Gasteiger partial charge on any atom is -0.396 e. The zero-order chi connectivity index (χ0) is 18.9. The van der Waals surface area contributed by atoms with Gasteiger partial charge in [0, 0.05) is 18.1 Å². The maximum atomic E-state index is 11.4. The van der Waals surface area contributed by atoms with Gasteiger partial charge in [0.2, 0.25) is 0 Å². The second kappa shape index (κ2) is 6.74. The fourth-order valence-electron chi connectivity index (χ4n) is 2.61. The van der Waals surface area contributed by atoms with Crippen LogP contribution in [0.15, 0.2) is 63.7 Å². The van der Waals surface area contributed by atoms with Crippen LogP contribution < -0.4 is 11.1 Å². The van der Waals surface area contributed by atoms with Crippen LogP contribution in [0.1, 0.15) is 5.56 Å². The highest BCUT2D eigenvalue weighted by Crippen LogP contribution is 2.38. The monoisotopic (exact) mass is 370 g/mol. The normalized spacial score (nSPS) is 12.0. The van der Waals surface area contributed by atoms with Crippen molar-refractivity contribution >= 4 is 43.6 Å². The smallest absolute Gasteiger partial charge is 0.294 e. The standard InChI is InChI=1S/C18H18N4O3S/c1-11-3-6-13(7-4-11)21-22-15-8-5-12-9-14(26(23,24)25)10-16(20-2)17(12)18(15)19/h3-10,20H,19H2,1-2H3,(H,23,24,25). The summed E-state index contributed by atoms with van der Waals surface area (Å²) >= 11 is 0. The van der Waals surface area contributed by atoms with Gasteiger partial charge >= 0.3 is 0 Å². The molecule has 3 aromatic carbocycles. The Morgan fingerprint density at radius 3 is 2.35 bits per heavy atom. The Bertz CT molecular complexity index is 1110. The van der Waals surface area contributed by atoms with Gasteiger partial charge in [-0.15, -0.1) is 5.11 Å². The van der Waals surface area contributed by atoms with E-state index in [1.165, 1.54) is 12.1 Å². The highest BCUT2D eigenvalue weighted by molar-refractivity contribution is 7.85. The van der Waals surface area contributed by atoms with Crippen molar-refractivity contribution in [3.05, 3.63) is 54.1 Å². The molecule has 134 valence electrons. The molecule has 0 aliphatic heterocycles. The molecule has 0 spiro atoms. The van der Waals surface area contributed by atoms with Crippen molar-refractivity contribution in [2.45, 2.75) is 11.8 Å². The molecule has 3 rings (SSSR count). The van der Waals surface area contributed by atoms with Crippen LogP contribution in [-0.2, 0) is 10.1 Å². The average Bonchev–Trinajstić information content (AvgIpc) is 2.61. The molecular weight excluding hydrogens is 352 g/mol. The summed E-state index contributed by atoms with van der Waals surface area (Å²) < 4.78 is 32.2. The minimum absolute atomic E-state index is 0.206. The van der Waals surface area contributed by atoms with Crippen LogP contribution >= 0.6 is 0 Å². The van der Waals surface area contributed by atoms with Gasteiger partial charge in [0.05, 0.1) is 16.3 Å². The second-order valence-corrected chi connectivity index (χ2v) is 7.25. The van der Waals surface area contributed by atoms with E-state index in [9.17, 15) is 13.0 Å². The predicted octanol–water partition coefficient (Wildman–Crippen LogP) is 4.43. The molecule has 8 heteroatoms. The van der Waals surface area contributed by atoms with Crippen LogP contribution in [0.3, 0.4) is 0 Å². The number of benzene rings is 3. The molecule has 0 aromatic heterocycles. The third-order valence-corrected chi connectivity index (χ3v) is 4.81. The highest BCUT2D eigenvalue weighted by atomic mass is 32.2. The van der Waals surface area contributed by atoms with E-state index in [4.69, 9.17) is 5.73 Å². The minimum atomic E-state index is -4.32. The summed E-state index contributed by atoms with van der Waals surface area (Å²) in [6.45, 7) is 1.99. The van der Waals surface area contributed by atoms with Gasteiger partial charge in [-0.2, -0.15) is 13.5 Å². The van der Waals surface area contributed by atoms with Gasteiger partial charge in [0.1, 0.15) is 5.69 Å². The van der Waals surface area contributed by atoms with Crippen LogP contribution in [-0.4, -0.2) is 20.0 Å². The first kappa shape index (κ1) is 17.8. The number of aryl methyl sites for hydroxylation is 1. The first-order chi connectivity index (χ1) is 12.3. The number of fused-ring (bicyclic) bond motifs is 1. The van der Waals surface area contributed by atoms with Crippen molar-refractivity contribution in [1.82, 2.24) is 0 Å². The van der Waals surface area contributed by atoms with E-state index >= 15 is 0 Å². The maximum Gasteiger partial charge on any atom is 0.294 e. The third kappa shape index (κ3) is 3.51. The van der Waals surface area contributed by atoms with Crippen LogP contribution in [0.2, 0.25) is 0 Å². The molecule has 7 nitrogen and oxygen atoms in total. The summed E-state index contributed by atoms with van der Waals surface area (Å²) in [5.41, 5.74) is 9.37. The largest absolute Gasteiger partial charge is 0.396 e. The Hall–Kier alpha value is -2.97. The molecule has 0 bridgehead atoms. The van der Waals surface area contributed by atoms with Crippen LogP contribution in [0.25, 0.3) is 10.8 Å². The van der Waals surface area contributed by atoms with Crippen molar-refractivity contribution < 1.29 is 13.0 Å². The number of nitrogens with two attached hydrogens (primary N) is 1. The quantitative estimate of drug-likeness (QED) is 0.357. The first-order valence-electron chi connectivity index (χ1n) is 7.79. The molecule has 0 saturated heterocycles. The molecule has 0 amide bonds. The van der Waals surface area contributed by atoms with Gasteiger partial charge in [0.25, 0.3) is 10.1 Å². The number of nitrogens with zero attached hydrogens (tertiary/aromatic N) is 2. The Labute approximate surface area is 151 Å². The Balaban J connectivity index is 2.12. The van der Waals surface area contributed by atoms with Crippen molar-refractivity contribution in [2.24, 2.45) is 10.2 Å². The third-order valence-electron chi connectivity index (χ3n) is 3.98. The lowest BCUT2D eigenvalue weighted by Gasteiger charge is -2.12. The van der Waals surface area contributed by atoms with Gasteiger partial charge in [-0.25, -0.2) is 0 Å². The molecule has 0 aliphatic rings. The Morgan fingerprint density at radius 1 is 1.04 bits per heavy atom. The number of hydrogen-bond donors (Lipinski definition) is 3. The Morgan fingerprint density at radius 2 is 1.73 bits per heavy atom. The predicted molar refractivity (Wildman–Crippen MR) is 103 cm³/mol. The molecule has 3 aromatic rings. The molecule has 0 saturated carbocycles. The number of azo groups is 1. The molecule has 0 fully saturated rings. The van der Waals surface area contributed by atoms with Gasteiger partial charge in [-0.1, -0.05) is 23.8 Å². The zero-order valence-electron chi connectivity index (χ0n) is 14.3. The maximum absolute atomic E-state index is 11.4. The van der Waals surface area contributed by atoms with Gasteiger partial charge in [0.15, 0.2) is 0 Å². The van der Waals surface area contributed by atoms with Crippen LogP contribution in [0.4, 0.5) is 22.7 Å². The van der Waals surface area contributed by atoms with E-state index < -0.39 is 10.1 Å². The lowest BCUT2D eigenvalue weighted by atomic mass is 10.1. The molecular formula is C18H18N4O3S. The summed E-state index contributed by atoms with van der Waals surface area (Å²) in [5, 5.41) is 12.5. The molecule has 0 radical (unpaired) electrons. The summed E-state index contributed by atoms with van der Waals surface area (Å²) in [7, 11) is -2.68. The van der Waals surface area contributed by atoms with E-state index in [0.717, 1.165) is 5.56 Å². The lowest BCUT2D eigenvalue weighted by Crippen LogP contribution is -2.01. The zero-order valence-corrected chi connectivity index (χ0v) is 15.1. The molecule has 0 heterocycles. The average molecular weight is 370 g/mol. The summed E-state index contributed by atoms with van der Waals surface area (Å²) in [4.78, 5) is -0.206. The van der Waals surface area contributed by atoms with E-state index in [0.29, 0.717) is 33.5 Å². The van der Waals surface area contributed by atoms with Gasteiger partial charge < -0.3 is 11.1 Å². The van der Waals surface area contributed by atoms with Crippen LogP contribution in [0.5, 0.6) is 0 Å².